The van der Waals surface area contributed by atoms with Crippen molar-refractivity contribution in [2.24, 2.45) is 16.8 Å². The van der Waals surface area contributed by atoms with Gasteiger partial charge in [0.2, 0.25) is 6.19 Å². The zero-order chi connectivity index (χ0) is 23.7. The Morgan fingerprint density at radius 3 is 2.29 bits per heavy atom. The van der Waals surface area contributed by atoms with E-state index in [2.05, 4.69) is 9.89 Å². The van der Waals surface area contributed by atoms with Gasteiger partial charge in [-0.2, -0.15) is 15.4 Å². The van der Waals surface area contributed by atoms with Gasteiger partial charge in [-0.15, -0.1) is 0 Å². The van der Waals surface area contributed by atoms with Crippen LogP contribution in [0.2, 0.25) is 15.1 Å². The molecule has 2 fully saturated rings. The Kier molecular flexibility index (Phi) is 6.80. The van der Waals surface area contributed by atoms with Crippen LogP contribution in [0.25, 0.3) is 16.9 Å². The van der Waals surface area contributed by atoms with Crippen molar-refractivity contribution in [3.8, 4) is 23.1 Å². The Balaban J connectivity index is 1.53. The number of rotatable bonds is 4. The summed E-state index contributed by atoms with van der Waals surface area (Å²) >= 11 is 18.8. The minimum absolute atomic E-state index is 0.472. The van der Waals surface area contributed by atoms with Crippen LogP contribution < -0.4 is 0 Å². The quantitative estimate of drug-likeness (QED) is 0.240. The van der Waals surface area contributed by atoms with Gasteiger partial charge in [-0.25, -0.2) is 4.68 Å². The molecule has 34 heavy (non-hydrogen) atoms. The molecule has 9 heteroatoms. The molecule has 174 valence electrons. The summed E-state index contributed by atoms with van der Waals surface area (Å²) in [5.41, 5.74) is 3.02. The van der Waals surface area contributed by atoms with Crippen LogP contribution in [0.15, 0.2) is 53.5 Å². The van der Waals surface area contributed by atoms with E-state index in [9.17, 15) is 5.26 Å². The van der Waals surface area contributed by atoms with Gasteiger partial charge in [0.25, 0.3) is 0 Å². The number of aliphatic imine (C=N–C) groups is 1. The number of nitrogens with zero attached hydrogens (tertiary/aromatic N) is 5. The van der Waals surface area contributed by atoms with E-state index in [1.807, 2.05) is 42.6 Å². The molecule has 2 aliphatic rings. The van der Waals surface area contributed by atoms with Gasteiger partial charge in [-0.1, -0.05) is 46.9 Å². The number of hydrogen-bond donors (Lipinski definition) is 0. The average Bonchev–Trinajstić information content (AvgIpc) is 3.22. The van der Waals surface area contributed by atoms with Crippen molar-refractivity contribution < 1.29 is 4.74 Å². The van der Waals surface area contributed by atoms with Gasteiger partial charge >= 0.3 is 0 Å². The van der Waals surface area contributed by atoms with Gasteiger partial charge in [0.15, 0.2) is 5.84 Å². The zero-order valence-electron chi connectivity index (χ0n) is 18.3. The van der Waals surface area contributed by atoms with Crippen LogP contribution in [-0.2, 0) is 4.74 Å². The molecule has 1 aromatic heterocycles. The maximum atomic E-state index is 9.47. The number of halogens is 3. The van der Waals surface area contributed by atoms with E-state index in [1.165, 1.54) is 0 Å². The Hall–Kier alpha value is -2.56. The molecule has 2 saturated heterocycles. The molecule has 0 bridgehead atoms. The number of amidine groups is 1. The molecule has 0 radical (unpaired) electrons. The number of nitriles is 1. The lowest BCUT2D eigenvalue weighted by molar-refractivity contribution is -0.0695. The first kappa shape index (κ1) is 23.2. The Morgan fingerprint density at radius 1 is 0.971 bits per heavy atom. The molecule has 0 saturated carbocycles. The molecule has 3 heterocycles. The predicted octanol–water partition coefficient (Wildman–Crippen LogP) is 6.09. The lowest BCUT2D eigenvalue weighted by Gasteiger charge is -2.40. The highest BCUT2D eigenvalue weighted by molar-refractivity contribution is 6.35. The summed E-state index contributed by atoms with van der Waals surface area (Å²) in [6, 6.07) is 14.7. The van der Waals surface area contributed by atoms with Crippen LogP contribution in [0.4, 0.5) is 0 Å². The van der Waals surface area contributed by atoms with Crippen LogP contribution in [0.3, 0.4) is 0 Å². The second-order valence-corrected chi connectivity index (χ2v) is 9.87. The van der Waals surface area contributed by atoms with E-state index in [0.717, 1.165) is 50.4 Å². The number of hydrogen-bond acceptors (Lipinski definition) is 4. The van der Waals surface area contributed by atoms with Gasteiger partial charge in [0.05, 0.1) is 29.6 Å². The van der Waals surface area contributed by atoms with Crippen LogP contribution in [0.5, 0.6) is 0 Å². The maximum Gasteiger partial charge on any atom is 0.207 e. The minimum Gasteiger partial charge on any atom is -0.381 e. The van der Waals surface area contributed by atoms with E-state index in [0.29, 0.717) is 44.1 Å². The normalized spacial score (nSPS) is 17.5. The smallest absolute Gasteiger partial charge is 0.207 e. The average molecular weight is 515 g/mol. The fraction of sp³-hybridized carbons (Fsp3) is 0.320. The van der Waals surface area contributed by atoms with Crippen molar-refractivity contribution in [1.29, 1.82) is 5.26 Å². The summed E-state index contributed by atoms with van der Waals surface area (Å²) in [4.78, 5) is 6.34. The number of likely N-dealkylation sites (tertiary alicyclic amines) is 1. The zero-order valence-corrected chi connectivity index (χ0v) is 20.6. The molecule has 0 spiro atoms. The van der Waals surface area contributed by atoms with Gasteiger partial charge in [-0.3, -0.25) is 0 Å². The van der Waals surface area contributed by atoms with Crippen LogP contribution in [0, 0.1) is 23.3 Å². The van der Waals surface area contributed by atoms with E-state index < -0.39 is 0 Å². The molecular weight excluding hydrogens is 493 g/mol. The summed E-state index contributed by atoms with van der Waals surface area (Å²) in [6.07, 6.45) is 4.07. The highest BCUT2D eigenvalue weighted by Crippen LogP contribution is 2.33. The predicted molar refractivity (Wildman–Crippen MR) is 135 cm³/mol. The van der Waals surface area contributed by atoms with Crippen molar-refractivity contribution in [2.45, 2.75) is 12.8 Å². The summed E-state index contributed by atoms with van der Waals surface area (Å²) in [6.45, 7) is 3.38. The third-order valence-electron chi connectivity index (χ3n) is 6.54. The van der Waals surface area contributed by atoms with Crippen molar-refractivity contribution in [3.05, 3.63) is 69.3 Å². The second-order valence-electron chi connectivity index (χ2n) is 8.59. The standard InChI is InChI=1S/C25H22Cl3N5O/c26-19-3-1-17(2-4-19)24-12-22(31-33(24)23-6-5-20(27)11-21(23)28)25(30-15-29)32-9-7-16(8-10-32)18-13-34-14-18/h1-6,11-12,16,18H,7-10,13-14H2. The SMILES string of the molecule is N#CN=C(c1cc(-c2ccc(Cl)cc2)n(-c2ccc(Cl)cc2Cl)n1)N1CCC(C2COC2)CC1. The van der Waals surface area contributed by atoms with Crippen LogP contribution in [-0.4, -0.2) is 46.8 Å². The molecule has 2 aromatic carbocycles. The first-order valence-electron chi connectivity index (χ1n) is 11.1. The van der Waals surface area contributed by atoms with E-state index >= 15 is 0 Å². The molecule has 5 rings (SSSR count). The minimum atomic E-state index is 0.472. The largest absolute Gasteiger partial charge is 0.381 e. The number of ether oxygens (including phenoxy) is 1. The van der Waals surface area contributed by atoms with Crippen LogP contribution in [0.1, 0.15) is 18.5 Å². The van der Waals surface area contributed by atoms with Crippen molar-refractivity contribution in [1.82, 2.24) is 14.7 Å². The molecule has 2 aliphatic heterocycles. The summed E-state index contributed by atoms with van der Waals surface area (Å²) < 4.78 is 7.14. The highest BCUT2D eigenvalue weighted by Gasteiger charge is 2.33. The molecule has 0 amide bonds. The van der Waals surface area contributed by atoms with Gasteiger partial charge in [-0.05, 0) is 55.2 Å². The molecule has 0 atom stereocenters. The molecule has 0 N–H and O–H groups in total. The van der Waals surface area contributed by atoms with Gasteiger partial charge in [0.1, 0.15) is 5.69 Å². The molecule has 6 nitrogen and oxygen atoms in total. The highest BCUT2D eigenvalue weighted by atomic mass is 35.5. The van der Waals surface area contributed by atoms with Crippen molar-refractivity contribution >= 4 is 40.6 Å². The molecule has 0 aliphatic carbocycles. The second kappa shape index (κ2) is 9.97. The van der Waals surface area contributed by atoms with Crippen molar-refractivity contribution in [2.75, 3.05) is 26.3 Å². The van der Waals surface area contributed by atoms with E-state index in [4.69, 9.17) is 44.6 Å². The van der Waals surface area contributed by atoms with Gasteiger partial charge in [0, 0.05) is 34.6 Å². The van der Waals surface area contributed by atoms with Crippen molar-refractivity contribution in [3.63, 3.8) is 0 Å². The Labute approximate surface area is 213 Å². The topological polar surface area (TPSA) is 66.4 Å². The van der Waals surface area contributed by atoms with Gasteiger partial charge < -0.3 is 9.64 Å². The lowest BCUT2D eigenvalue weighted by Crippen LogP contribution is -2.44. The number of piperidine rings is 1. The number of benzene rings is 2. The summed E-state index contributed by atoms with van der Waals surface area (Å²) in [5, 5.41) is 16.0. The molecule has 3 aromatic rings. The first-order valence-corrected chi connectivity index (χ1v) is 12.3. The first-order chi connectivity index (χ1) is 16.5. The van der Waals surface area contributed by atoms with Crippen LogP contribution >= 0.6 is 34.8 Å². The summed E-state index contributed by atoms with van der Waals surface area (Å²) in [5.74, 6) is 1.88. The Bertz CT molecular complexity index is 1250. The Morgan fingerprint density at radius 2 is 1.68 bits per heavy atom. The molecule has 0 unspecified atom stereocenters. The fourth-order valence-electron chi connectivity index (χ4n) is 4.60. The number of aromatic nitrogens is 2. The molecular formula is C25H22Cl3N5O. The lowest BCUT2D eigenvalue weighted by atomic mass is 9.83. The van der Waals surface area contributed by atoms with E-state index in [1.54, 1.807) is 16.8 Å². The summed E-state index contributed by atoms with van der Waals surface area (Å²) in [7, 11) is 0. The third kappa shape index (κ3) is 4.67. The maximum absolute atomic E-state index is 9.47. The third-order valence-corrected chi connectivity index (χ3v) is 7.33. The van der Waals surface area contributed by atoms with E-state index in [-0.39, 0.29) is 0 Å². The fourth-order valence-corrected chi connectivity index (χ4v) is 5.21. The monoisotopic (exact) mass is 513 g/mol.